The number of imide groups is 1. The Balaban J connectivity index is 1.03. The van der Waals surface area contributed by atoms with Gasteiger partial charge in [-0.15, -0.1) is 11.8 Å². The van der Waals surface area contributed by atoms with Gasteiger partial charge >= 0.3 is 0 Å². The van der Waals surface area contributed by atoms with Crippen molar-refractivity contribution in [3.05, 3.63) is 161 Å². The monoisotopic (exact) mass is 799 g/mol. The van der Waals surface area contributed by atoms with Crippen LogP contribution in [0.25, 0.3) is 11.1 Å². The second-order valence-electron chi connectivity index (χ2n) is 12.9. The van der Waals surface area contributed by atoms with Gasteiger partial charge in [-0.25, -0.2) is 17.6 Å². The molecule has 0 aliphatic carbocycles. The number of methoxy groups -OCH3 is 1. The zero-order valence-corrected chi connectivity index (χ0v) is 31.9. The summed E-state index contributed by atoms with van der Waals surface area (Å²) in [6, 6.07) is 31.0. The molecular weight excluding hydrogens is 763 g/mol. The molecule has 0 aromatic heterocycles. The van der Waals surface area contributed by atoms with Crippen molar-refractivity contribution in [2.75, 3.05) is 26.0 Å². The van der Waals surface area contributed by atoms with Crippen LogP contribution in [0, 0.1) is 23.3 Å². The molecule has 13 heteroatoms. The van der Waals surface area contributed by atoms with Crippen LogP contribution in [-0.4, -0.2) is 53.5 Å². The fourth-order valence-corrected chi connectivity index (χ4v) is 7.74. The fraction of sp³-hybridized carbons (Fsp3) is 0.186. The van der Waals surface area contributed by atoms with Crippen molar-refractivity contribution in [3.8, 4) is 5.75 Å². The quantitative estimate of drug-likeness (QED) is 0.0436. The lowest BCUT2D eigenvalue weighted by Gasteiger charge is -2.23. The number of nitrogens with zero attached hydrogens (tertiary/aromatic N) is 2. The maximum absolute atomic E-state index is 14.9. The molecule has 0 saturated heterocycles. The van der Waals surface area contributed by atoms with E-state index in [-0.39, 0.29) is 25.3 Å². The van der Waals surface area contributed by atoms with Crippen molar-refractivity contribution in [1.29, 1.82) is 0 Å². The van der Waals surface area contributed by atoms with E-state index in [9.17, 15) is 31.9 Å². The Morgan fingerprint density at radius 1 is 0.714 bits per heavy atom. The van der Waals surface area contributed by atoms with Crippen LogP contribution < -0.4 is 9.46 Å². The van der Waals surface area contributed by atoms with Gasteiger partial charge in [0.05, 0.1) is 18.3 Å². The van der Waals surface area contributed by atoms with Gasteiger partial charge in [-0.05, 0) is 90.2 Å². The molecule has 7 nitrogen and oxygen atoms in total. The number of carbonyl (C=O) groups excluding carboxylic acids is 3. The number of benzene rings is 5. The van der Waals surface area contributed by atoms with E-state index in [0.717, 1.165) is 81.7 Å². The van der Waals surface area contributed by atoms with Gasteiger partial charge in [0.2, 0.25) is 5.91 Å². The van der Waals surface area contributed by atoms with Crippen molar-refractivity contribution < 1.29 is 36.7 Å². The van der Waals surface area contributed by atoms with Crippen LogP contribution in [-0.2, 0) is 27.5 Å². The van der Waals surface area contributed by atoms with Crippen LogP contribution in [0.15, 0.2) is 125 Å². The molecule has 1 aliphatic heterocycles. The summed E-state index contributed by atoms with van der Waals surface area (Å²) in [5, 5.41) is 0. The lowest BCUT2D eigenvalue weighted by molar-refractivity contribution is -0.136. The van der Waals surface area contributed by atoms with Crippen LogP contribution in [0.5, 0.6) is 5.75 Å². The van der Waals surface area contributed by atoms with Gasteiger partial charge in [0, 0.05) is 71.4 Å². The summed E-state index contributed by atoms with van der Waals surface area (Å²) in [6.07, 6.45) is -0.0181. The van der Waals surface area contributed by atoms with Gasteiger partial charge < -0.3 is 4.74 Å². The Kier molecular flexibility index (Phi) is 13.7. The Morgan fingerprint density at radius 3 is 1.95 bits per heavy atom. The molecule has 0 fully saturated rings. The summed E-state index contributed by atoms with van der Waals surface area (Å²) in [5.74, 6) is -4.60. The highest BCUT2D eigenvalue weighted by atomic mass is 32.2. The van der Waals surface area contributed by atoms with Crippen LogP contribution in [0.3, 0.4) is 0 Å². The Bertz CT molecular complexity index is 2170. The number of halogens is 4. The zero-order valence-electron chi connectivity index (χ0n) is 30.3. The van der Waals surface area contributed by atoms with E-state index in [1.165, 1.54) is 4.90 Å². The van der Waals surface area contributed by atoms with Crippen molar-refractivity contribution in [1.82, 2.24) is 14.5 Å². The van der Waals surface area contributed by atoms with Gasteiger partial charge in [0.1, 0.15) is 29.0 Å². The molecule has 56 heavy (non-hydrogen) atoms. The highest BCUT2D eigenvalue weighted by Crippen LogP contribution is 2.38. The van der Waals surface area contributed by atoms with Crippen LogP contribution >= 0.6 is 23.7 Å². The maximum atomic E-state index is 14.9. The molecule has 6 rings (SSSR count). The minimum atomic E-state index is -1.13. The predicted octanol–water partition coefficient (Wildman–Crippen LogP) is 8.93. The summed E-state index contributed by atoms with van der Waals surface area (Å²) in [5.41, 5.74) is 0.479. The van der Waals surface area contributed by atoms with E-state index in [2.05, 4.69) is 27.8 Å². The molecule has 288 valence electrons. The van der Waals surface area contributed by atoms with Crippen molar-refractivity contribution >= 4 is 52.6 Å². The minimum Gasteiger partial charge on any atom is -0.497 e. The minimum absolute atomic E-state index is 0.0485. The molecule has 0 spiro atoms. The summed E-state index contributed by atoms with van der Waals surface area (Å²) in [6.45, 7) is 2.05. The predicted molar refractivity (Wildman–Crippen MR) is 210 cm³/mol. The average Bonchev–Trinajstić information content (AvgIpc) is 3.42. The molecule has 0 bridgehead atoms. The topological polar surface area (TPSA) is 79.0 Å². The molecular formula is C43H37F4N3O4S2. The molecule has 5 aromatic rings. The summed E-state index contributed by atoms with van der Waals surface area (Å²) in [7, 11) is 1.65. The van der Waals surface area contributed by atoms with Crippen molar-refractivity contribution in [2.24, 2.45) is 0 Å². The number of hydrogen-bond donors (Lipinski definition) is 1. The number of thioether (sulfide) groups is 1. The van der Waals surface area contributed by atoms with Gasteiger partial charge in [-0.2, -0.15) is 0 Å². The number of hydrogen-bond acceptors (Lipinski definition) is 7. The molecule has 0 radical (unpaired) electrons. The third-order valence-electron chi connectivity index (χ3n) is 8.93. The van der Waals surface area contributed by atoms with E-state index < -0.39 is 57.4 Å². The highest BCUT2D eigenvalue weighted by Gasteiger charge is 2.41. The first kappa shape index (κ1) is 40.3. The number of ether oxygens (including phenoxy) is 1. The second-order valence-corrected chi connectivity index (χ2v) is 14.9. The van der Waals surface area contributed by atoms with E-state index in [0.29, 0.717) is 18.7 Å². The molecule has 0 atom stereocenters. The number of amides is 3. The maximum Gasteiger partial charge on any atom is 0.262 e. The smallest absolute Gasteiger partial charge is 0.262 e. The fourth-order valence-electron chi connectivity index (χ4n) is 6.20. The lowest BCUT2D eigenvalue weighted by atomic mass is 9.95. The molecule has 5 aromatic carbocycles. The molecule has 3 amide bonds. The largest absolute Gasteiger partial charge is 0.497 e. The van der Waals surface area contributed by atoms with Gasteiger partial charge in [-0.3, -0.25) is 28.9 Å². The van der Waals surface area contributed by atoms with Gasteiger partial charge in [-0.1, -0.05) is 42.5 Å². The third-order valence-corrected chi connectivity index (χ3v) is 10.8. The second kappa shape index (κ2) is 19.0. The first-order chi connectivity index (χ1) is 27.1. The molecule has 1 heterocycles. The average molecular weight is 800 g/mol. The zero-order chi connectivity index (χ0) is 39.6. The van der Waals surface area contributed by atoms with Gasteiger partial charge in [0.25, 0.3) is 11.8 Å². The Morgan fingerprint density at radius 2 is 1.34 bits per heavy atom. The van der Waals surface area contributed by atoms with Crippen LogP contribution in [0.4, 0.5) is 17.6 Å². The first-order valence-corrected chi connectivity index (χ1v) is 19.5. The third kappa shape index (κ3) is 10.3. The van der Waals surface area contributed by atoms with E-state index in [1.807, 2.05) is 60.7 Å². The van der Waals surface area contributed by atoms with Crippen LogP contribution in [0.2, 0.25) is 0 Å². The number of carbonyl (C=O) groups is 3. The molecule has 0 saturated carbocycles. The summed E-state index contributed by atoms with van der Waals surface area (Å²) >= 11 is 2.93. The van der Waals surface area contributed by atoms with Crippen molar-refractivity contribution in [3.63, 3.8) is 0 Å². The number of rotatable bonds is 17. The Hall–Kier alpha value is -5.37. The number of nitrogens with one attached hydrogen (secondary N) is 1. The normalized spacial score (nSPS) is 12.9. The van der Waals surface area contributed by atoms with E-state index >= 15 is 0 Å². The lowest BCUT2D eigenvalue weighted by Crippen LogP contribution is -2.33. The van der Waals surface area contributed by atoms with E-state index in [1.54, 1.807) is 18.9 Å². The molecule has 1 aliphatic rings. The van der Waals surface area contributed by atoms with Crippen LogP contribution in [0.1, 0.15) is 35.1 Å². The Labute approximate surface area is 330 Å². The van der Waals surface area contributed by atoms with Gasteiger partial charge in [0.15, 0.2) is 0 Å². The first-order valence-electron chi connectivity index (χ1n) is 17.7. The molecule has 1 N–H and O–H groups in total. The summed E-state index contributed by atoms with van der Waals surface area (Å²) < 4.78 is 65.3. The highest BCUT2D eigenvalue weighted by molar-refractivity contribution is 7.99. The molecule has 0 unspecified atom stereocenters. The van der Waals surface area contributed by atoms with E-state index in [4.69, 9.17) is 4.74 Å². The summed E-state index contributed by atoms with van der Waals surface area (Å²) in [4.78, 5) is 45.0. The van der Waals surface area contributed by atoms with Crippen molar-refractivity contribution in [2.45, 2.75) is 35.7 Å². The SMILES string of the molecule is COc1cccc(CN(CCSc2ccccc2)Cc2ccc(SNC(=O)CCCN3C(=O)C(c4ccc(F)cc4F)=C(c4ccc(F)cc4F)C3=O)cc2)c1. The standard InChI is InChI=1S/C43H37F4N3O4S2/c1-54-32-8-5-7-29(23-32)27-49(21-22-55-33-9-3-2-4-10-33)26-28-12-16-34(17-13-28)56-48-39(51)11-6-20-50-42(52)40(35-18-14-30(44)24-37(35)46)41(43(50)53)36-19-15-31(45)25-38(36)47/h2-5,7-10,12-19,23-25H,6,11,20-22,26-27H2,1H3,(H,48,51).